The van der Waals surface area contributed by atoms with Crippen LogP contribution >= 0.6 is 11.6 Å². The van der Waals surface area contributed by atoms with Gasteiger partial charge in [-0.05, 0) is 49.1 Å². The maximum atomic E-state index is 12.7. The Bertz CT molecular complexity index is 1070. The molecule has 1 amide bonds. The fourth-order valence-electron chi connectivity index (χ4n) is 3.68. The van der Waals surface area contributed by atoms with Crippen LogP contribution in [0.3, 0.4) is 0 Å². The second kappa shape index (κ2) is 8.65. The van der Waals surface area contributed by atoms with Crippen molar-refractivity contribution in [3.05, 3.63) is 63.0 Å². The van der Waals surface area contributed by atoms with Crippen molar-refractivity contribution in [2.75, 3.05) is 5.32 Å². The summed E-state index contributed by atoms with van der Waals surface area (Å²) in [5, 5.41) is 3.70. The van der Waals surface area contributed by atoms with Gasteiger partial charge in [0, 0.05) is 30.2 Å². The van der Waals surface area contributed by atoms with Gasteiger partial charge >= 0.3 is 5.69 Å². The number of amides is 1. The first-order valence-corrected chi connectivity index (χ1v) is 10.2. The monoisotopic (exact) mass is 399 g/mol. The maximum absolute atomic E-state index is 12.7. The van der Waals surface area contributed by atoms with E-state index in [2.05, 4.69) is 12.2 Å². The number of rotatable bonds is 7. The van der Waals surface area contributed by atoms with E-state index in [-0.39, 0.29) is 18.0 Å². The maximum Gasteiger partial charge on any atom is 0.329 e. The van der Waals surface area contributed by atoms with Crippen molar-refractivity contribution in [1.82, 2.24) is 9.13 Å². The molecule has 0 atom stereocenters. The summed E-state index contributed by atoms with van der Waals surface area (Å²) >= 11 is 6.32. The van der Waals surface area contributed by atoms with Gasteiger partial charge in [0.1, 0.15) is 0 Å². The second-order valence-corrected chi connectivity index (χ2v) is 7.14. The van der Waals surface area contributed by atoms with Gasteiger partial charge in [0.15, 0.2) is 0 Å². The number of aromatic nitrogens is 2. The summed E-state index contributed by atoms with van der Waals surface area (Å²) in [7, 11) is 0. The minimum Gasteiger partial charge on any atom is -0.325 e. The van der Waals surface area contributed by atoms with Gasteiger partial charge in [-0.15, -0.1) is 0 Å². The number of carbonyl (C=O) groups is 1. The van der Waals surface area contributed by atoms with Gasteiger partial charge in [-0.25, -0.2) is 4.79 Å². The number of hydrogen-bond donors (Lipinski definition) is 1. The summed E-state index contributed by atoms with van der Waals surface area (Å²) in [4.78, 5) is 25.4. The zero-order valence-corrected chi connectivity index (χ0v) is 17.3. The number of imidazole rings is 1. The van der Waals surface area contributed by atoms with E-state index in [1.54, 1.807) is 9.13 Å². The van der Waals surface area contributed by atoms with Crippen molar-refractivity contribution in [3.63, 3.8) is 0 Å². The number of fused-ring (bicyclic) bond motifs is 1. The second-order valence-electron chi connectivity index (χ2n) is 6.73. The Balaban J connectivity index is 1.83. The van der Waals surface area contributed by atoms with Gasteiger partial charge in [0.05, 0.1) is 11.0 Å². The third-order valence-electron chi connectivity index (χ3n) is 5.14. The van der Waals surface area contributed by atoms with E-state index < -0.39 is 0 Å². The Kier molecular flexibility index (Phi) is 6.25. The van der Waals surface area contributed by atoms with Crippen molar-refractivity contribution in [2.24, 2.45) is 0 Å². The molecule has 1 N–H and O–H groups in total. The topological polar surface area (TPSA) is 56.0 Å². The van der Waals surface area contributed by atoms with Crippen LogP contribution in [0.5, 0.6) is 0 Å². The lowest BCUT2D eigenvalue weighted by molar-refractivity contribution is -0.116. The first kappa shape index (κ1) is 20.2. The molecule has 5 nitrogen and oxygen atoms in total. The number of anilines is 1. The molecule has 0 radical (unpaired) electrons. The summed E-state index contributed by atoms with van der Waals surface area (Å²) in [6.07, 6.45) is 1.77. The van der Waals surface area contributed by atoms with Crippen LogP contribution in [0.25, 0.3) is 11.0 Å². The molecular formula is C22H26ClN3O2. The summed E-state index contributed by atoms with van der Waals surface area (Å²) in [6.45, 7) is 6.96. The van der Waals surface area contributed by atoms with Crippen LogP contribution in [0, 0.1) is 0 Å². The number of hydrogen-bond acceptors (Lipinski definition) is 2. The van der Waals surface area contributed by atoms with E-state index in [1.165, 1.54) is 0 Å². The highest BCUT2D eigenvalue weighted by Crippen LogP contribution is 2.29. The van der Waals surface area contributed by atoms with Crippen LogP contribution < -0.4 is 11.0 Å². The molecule has 148 valence electrons. The van der Waals surface area contributed by atoms with Crippen LogP contribution in [-0.2, 0) is 30.7 Å². The van der Waals surface area contributed by atoms with Gasteiger partial charge in [-0.3, -0.25) is 13.9 Å². The predicted molar refractivity (Wildman–Crippen MR) is 115 cm³/mol. The number of para-hydroxylation sites is 2. The lowest BCUT2D eigenvalue weighted by atomic mass is 10.0. The largest absolute Gasteiger partial charge is 0.329 e. The highest BCUT2D eigenvalue weighted by atomic mass is 35.5. The fraction of sp³-hybridized carbons (Fsp3) is 0.364. The number of nitrogens with zero attached hydrogens (tertiary/aromatic N) is 2. The van der Waals surface area contributed by atoms with E-state index >= 15 is 0 Å². The minimum atomic E-state index is -0.119. The summed E-state index contributed by atoms with van der Waals surface area (Å²) in [6, 6.07) is 11.5. The highest BCUT2D eigenvalue weighted by molar-refractivity contribution is 6.32. The lowest BCUT2D eigenvalue weighted by Crippen LogP contribution is -2.26. The Morgan fingerprint density at radius 3 is 2.29 bits per heavy atom. The molecule has 6 heteroatoms. The van der Waals surface area contributed by atoms with Crippen molar-refractivity contribution >= 4 is 34.2 Å². The van der Waals surface area contributed by atoms with Gasteiger partial charge < -0.3 is 5.32 Å². The minimum absolute atomic E-state index is 0.0808. The molecule has 1 aromatic heterocycles. The summed E-state index contributed by atoms with van der Waals surface area (Å²) in [5.74, 6) is -0.119. The summed E-state index contributed by atoms with van der Waals surface area (Å²) in [5.41, 5.74) is 4.50. The van der Waals surface area contributed by atoms with Crippen molar-refractivity contribution in [1.29, 1.82) is 0 Å². The highest BCUT2D eigenvalue weighted by Gasteiger charge is 2.15. The molecule has 0 bridgehead atoms. The zero-order valence-electron chi connectivity index (χ0n) is 16.6. The molecule has 0 saturated heterocycles. The van der Waals surface area contributed by atoms with E-state index in [4.69, 9.17) is 11.6 Å². The van der Waals surface area contributed by atoms with Gasteiger partial charge in [0.25, 0.3) is 0 Å². The summed E-state index contributed by atoms with van der Waals surface area (Å²) < 4.78 is 3.41. The van der Waals surface area contributed by atoms with Crippen LogP contribution in [0.15, 0.2) is 41.2 Å². The molecule has 0 aliphatic carbocycles. The molecule has 0 spiro atoms. The predicted octanol–water partition coefficient (Wildman–Crippen LogP) is 4.63. The molecule has 0 fully saturated rings. The average molecular weight is 400 g/mol. The van der Waals surface area contributed by atoms with Crippen LogP contribution in [0.4, 0.5) is 5.69 Å². The SMILES string of the molecule is CCc1ccc(Cl)c(CC)c1NC(=O)CCn1c(=O)n(CC)c2ccccc21. The van der Waals surface area contributed by atoms with Crippen LogP contribution in [-0.4, -0.2) is 15.0 Å². The Hall–Kier alpha value is -2.53. The molecule has 3 aromatic rings. The van der Waals surface area contributed by atoms with Gasteiger partial charge in [-0.1, -0.05) is 43.6 Å². The van der Waals surface area contributed by atoms with E-state index in [0.29, 0.717) is 18.1 Å². The number of carbonyl (C=O) groups excluding carboxylic acids is 1. The van der Waals surface area contributed by atoms with Crippen molar-refractivity contribution < 1.29 is 4.79 Å². The number of benzene rings is 2. The quantitative estimate of drug-likeness (QED) is 0.629. The molecule has 3 rings (SSSR count). The first-order chi connectivity index (χ1) is 13.5. The van der Waals surface area contributed by atoms with Gasteiger partial charge in [-0.2, -0.15) is 0 Å². The molecule has 1 heterocycles. The van der Waals surface area contributed by atoms with Crippen molar-refractivity contribution in [3.8, 4) is 0 Å². The average Bonchev–Trinajstić information content (AvgIpc) is 2.97. The molecule has 0 unspecified atom stereocenters. The number of halogens is 1. The lowest BCUT2D eigenvalue weighted by Gasteiger charge is -2.16. The molecule has 0 saturated carbocycles. The first-order valence-electron chi connectivity index (χ1n) is 9.79. The normalized spacial score (nSPS) is 11.1. The van der Waals surface area contributed by atoms with Crippen LogP contribution in [0.2, 0.25) is 5.02 Å². The fourth-order valence-corrected chi connectivity index (χ4v) is 3.97. The number of nitrogens with one attached hydrogen (secondary N) is 1. The smallest absolute Gasteiger partial charge is 0.325 e. The molecule has 2 aromatic carbocycles. The Morgan fingerprint density at radius 2 is 1.68 bits per heavy atom. The Labute approximate surface area is 169 Å². The molecule has 0 aliphatic rings. The third kappa shape index (κ3) is 3.72. The number of aryl methyl sites for hydroxylation is 3. The van der Waals surface area contributed by atoms with E-state index in [1.807, 2.05) is 50.2 Å². The molecule has 28 heavy (non-hydrogen) atoms. The third-order valence-corrected chi connectivity index (χ3v) is 5.50. The van der Waals surface area contributed by atoms with Crippen LogP contribution in [0.1, 0.15) is 38.3 Å². The standard InChI is InChI=1S/C22H26ClN3O2/c1-4-15-11-12-17(23)16(5-2)21(15)24-20(27)13-14-26-19-10-8-7-9-18(19)25(6-3)22(26)28/h7-12H,4-6,13-14H2,1-3H3,(H,24,27). The van der Waals surface area contributed by atoms with E-state index in [9.17, 15) is 9.59 Å². The van der Waals surface area contributed by atoms with Crippen molar-refractivity contribution in [2.45, 2.75) is 53.1 Å². The molecular weight excluding hydrogens is 374 g/mol. The van der Waals surface area contributed by atoms with E-state index in [0.717, 1.165) is 40.7 Å². The Morgan fingerprint density at radius 1 is 1.00 bits per heavy atom. The molecule has 0 aliphatic heterocycles. The van der Waals surface area contributed by atoms with Gasteiger partial charge in [0.2, 0.25) is 5.91 Å². The zero-order chi connectivity index (χ0) is 20.3.